The molecule has 2 rings (SSSR count). The van der Waals surface area contributed by atoms with E-state index in [1.807, 2.05) is 0 Å². The van der Waals surface area contributed by atoms with Crippen LogP contribution in [0.5, 0.6) is 0 Å². The average molecular weight is 265 g/mol. The quantitative estimate of drug-likeness (QED) is 0.829. The predicted molar refractivity (Wildman–Crippen MR) is 75.5 cm³/mol. The SMILES string of the molecule is CC1(C)CN(CC2CCSC2)CCC1N.Cl. The third kappa shape index (κ3) is 3.52. The van der Waals surface area contributed by atoms with Gasteiger partial charge in [0.15, 0.2) is 0 Å². The molecule has 16 heavy (non-hydrogen) atoms. The molecule has 2 unspecified atom stereocenters. The Morgan fingerprint density at radius 3 is 2.69 bits per heavy atom. The zero-order valence-electron chi connectivity index (χ0n) is 10.4. The maximum atomic E-state index is 6.15. The molecule has 0 amide bonds. The predicted octanol–water partition coefficient (Wildman–Crippen LogP) is 2.22. The molecule has 0 bridgehead atoms. The van der Waals surface area contributed by atoms with Crippen LogP contribution in [0.15, 0.2) is 0 Å². The van der Waals surface area contributed by atoms with Gasteiger partial charge in [-0.1, -0.05) is 13.8 Å². The second kappa shape index (κ2) is 5.94. The van der Waals surface area contributed by atoms with Gasteiger partial charge in [-0.05, 0) is 42.2 Å². The Morgan fingerprint density at radius 2 is 2.12 bits per heavy atom. The van der Waals surface area contributed by atoms with Crippen LogP contribution < -0.4 is 5.73 Å². The summed E-state index contributed by atoms with van der Waals surface area (Å²) in [7, 11) is 0. The van der Waals surface area contributed by atoms with E-state index < -0.39 is 0 Å². The molecule has 0 radical (unpaired) electrons. The number of likely N-dealkylation sites (tertiary alicyclic amines) is 1. The second-order valence-corrected chi connectivity index (χ2v) is 7.00. The van der Waals surface area contributed by atoms with Crippen molar-refractivity contribution in [3.05, 3.63) is 0 Å². The number of nitrogens with two attached hydrogens (primary N) is 1. The van der Waals surface area contributed by atoms with E-state index in [-0.39, 0.29) is 12.4 Å². The van der Waals surface area contributed by atoms with Crippen molar-refractivity contribution in [2.45, 2.75) is 32.7 Å². The summed E-state index contributed by atoms with van der Waals surface area (Å²) in [6.07, 6.45) is 2.60. The molecular weight excluding hydrogens is 240 g/mol. The van der Waals surface area contributed by atoms with Crippen LogP contribution >= 0.6 is 24.2 Å². The minimum absolute atomic E-state index is 0. The number of hydrogen-bond donors (Lipinski definition) is 1. The van der Waals surface area contributed by atoms with Crippen molar-refractivity contribution in [3.8, 4) is 0 Å². The molecule has 0 aliphatic carbocycles. The molecule has 2 aliphatic heterocycles. The van der Waals surface area contributed by atoms with Crippen LogP contribution in [-0.4, -0.2) is 42.1 Å². The molecule has 96 valence electrons. The van der Waals surface area contributed by atoms with Crippen LogP contribution in [0.2, 0.25) is 0 Å². The van der Waals surface area contributed by atoms with E-state index in [0.717, 1.165) is 5.92 Å². The van der Waals surface area contributed by atoms with Crippen LogP contribution in [0.25, 0.3) is 0 Å². The Bertz CT molecular complexity index is 217. The maximum Gasteiger partial charge on any atom is 0.0115 e. The van der Waals surface area contributed by atoms with Gasteiger partial charge < -0.3 is 10.6 Å². The van der Waals surface area contributed by atoms with E-state index in [1.54, 1.807) is 0 Å². The van der Waals surface area contributed by atoms with Crippen molar-refractivity contribution in [2.24, 2.45) is 17.1 Å². The number of hydrogen-bond acceptors (Lipinski definition) is 3. The Hall–Kier alpha value is 0.560. The second-order valence-electron chi connectivity index (χ2n) is 5.85. The summed E-state index contributed by atoms with van der Waals surface area (Å²) < 4.78 is 0. The zero-order valence-corrected chi connectivity index (χ0v) is 12.1. The third-order valence-corrected chi connectivity index (χ3v) is 5.16. The average Bonchev–Trinajstić information content (AvgIpc) is 2.63. The van der Waals surface area contributed by atoms with E-state index in [9.17, 15) is 0 Å². The fourth-order valence-corrected chi connectivity index (χ4v) is 4.01. The first-order chi connectivity index (χ1) is 7.08. The molecule has 2 atom stereocenters. The molecule has 2 N–H and O–H groups in total. The van der Waals surface area contributed by atoms with E-state index in [2.05, 4.69) is 30.5 Å². The van der Waals surface area contributed by atoms with Gasteiger partial charge in [0.1, 0.15) is 0 Å². The van der Waals surface area contributed by atoms with Crippen LogP contribution in [0.3, 0.4) is 0 Å². The van der Waals surface area contributed by atoms with Gasteiger partial charge in [0.25, 0.3) is 0 Å². The van der Waals surface area contributed by atoms with Gasteiger partial charge in [-0.2, -0.15) is 11.8 Å². The van der Waals surface area contributed by atoms with Crippen molar-refractivity contribution < 1.29 is 0 Å². The number of piperidine rings is 1. The highest BCUT2D eigenvalue weighted by Gasteiger charge is 2.34. The standard InChI is InChI=1S/C12H24N2S.ClH/c1-12(2)9-14(5-3-11(12)13)7-10-4-6-15-8-10;/h10-11H,3-9,13H2,1-2H3;1H. The number of rotatable bonds is 2. The normalized spacial score (nSPS) is 34.7. The zero-order chi connectivity index (χ0) is 10.9. The molecule has 0 aromatic heterocycles. The summed E-state index contributed by atoms with van der Waals surface area (Å²) in [5.41, 5.74) is 6.46. The first-order valence-electron chi connectivity index (χ1n) is 6.13. The summed E-state index contributed by atoms with van der Waals surface area (Å²) in [4.78, 5) is 2.64. The number of nitrogens with zero attached hydrogens (tertiary/aromatic N) is 1. The smallest absolute Gasteiger partial charge is 0.0115 e. The number of halogens is 1. The topological polar surface area (TPSA) is 29.3 Å². The van der Waals surface area contributed by atoms with Crippen molar-refractivity contribution in [2.75, 3.05) is 31.1 Å². The van der Waals surface area contributed by atoms with Crippen molar-refractivity contribution >= 4 is 24.2 Å². The van der Waals surface area contributed by atoms with Crippen LogP contribution in [0.1, 0.15) is 26.7 Å². The maximum absolute atomic E-state index is 6.15. The molecule has 4 heteroatoms. The Kier molecular flexibility index (Phi) is 5.43. The Balaban J connectivity index is 0.00000128. The number of thioether (sulfide) groups is 1. The first kappa shape index (κ1) is 14.6. The van der Waals surface area contributed by atoms with E-state index in [1.165, 1.54) is 44.0 Å². The highest BCUT2D eigenvalue weighted by atomic mass is 35.5. The molecule has 0 saturated carbocycles. The van der Waals surface area contributed by atoms with Gasteiger partial charge >= 0.3 is 0 Å². The summed E-state index contributed by atoms with van der Waals surface area (Å²) in [5, 5.41) is 0. The first-order valence-corrected chi connectivity index (χ1v) is 7.29. The summed E-state index contributed by atoms with van der Waals surface area (Å²) in [6, 6.07) is 0.395. The highest BCUT2D eigenvalue weighted by Crippen LogP contribution is 2.30. The van der Waals surface area contributed by atoms with Gasteiger partial charge in [0, 0.05) is 19.1 Å². The fourth-order valence-electron chi connectivity index (χ4n) is 2.73. The molecule has 2 saturated heterocycles. The molecule has 0 spiro atoms. The third-order valence-electron chi connectivity index (χ3n) is 3.93. The Labute approximate surface area is 110 Å². The molecule has 2 aliphatic rings. The minimum Gasteiger partial charge on any atom is -0.327 e. The lowest BCUT2D eigenvalue weighted by Gasteiger charge is -2.43. The molecule has 0 aromatic rings. The van der Waals surface area contributed by atoms with Crippen molar-refractivity contribution in [1.29, 1.82) is 0 Å². The van der Waals surface area contributed by atoms with Crippen molar-refractivity contribution in [1.82, 2.24) is 4.90 Å². The van der Waals surface area contributed by atoms with Gasteiger partial charge in [0.2, 0.25) is 0 Å². The molecular formula is C12H25ClN2S. The van der Waals surface area contributed by atoms with Gasteiger partial charge in [-0.15, -0.1) is 12.4 Å². The molecule has 2 nitrogen and oxygen atoms in total. The van der Waals surface area contributed by atoms with Crippen LogP contribution in [0.4, 0.5) is 0 Å². The van der Waals surface area contributed by atoms with E-state index in [0.29, 0.717) is 11.5 Å². The van der Waals surface area contributed by atoms with Gasteiger partial charge in [-0.3, -0.25) is 0 Å². The van der Waals surface area contributed by atoms with E-state index in [4.69, 9.17) is 5.73 Å². The van der Waals surface area contributed by atoms with E-state index >= 15 is 0 Å². The summed E-state index contributed by atoms with van der Waals surface area (Å²) in [5.74, 6) is 3.70. The fraction of sp³-hybridized carbons (Fsp3) is 1.00. The summed E-state index contributed by atoms with van der Waals surface area (Å²) >= 11 is 2.12. The lowest BCUT2D eigenvalue weighted by molar-refractivity contribution is 0.0850. The molecule has 0 aromatic carbocycles. The lowest BCUT2D eigenvalue weighted by Crippen LogP contribution is -2.53. The molecule has 2 fully saturated rings. The monoisotopic (exact) mass is 264 g/mol. The lowest BCUT2D eigenvalue weighted by atomic mass is 9.79. The minimum atomic E-state index is 0. The Morgan fingerprint density at radius 1 is 1.38 bits per heavy atom. The van der Waals surface area contributed by atoms with Crippen LogP contribution in [-0.2, 0) is 0 Å². The highest BCUT2D eigenvalue weighted by molar-refractivity contribution is 7.99. The van der Waals surface area contributed by atoms with Crippen molar-refractivity contribution in [3.63, 3.8) is 0 Å². The van der Waals surface area contributed by atoms with Gasteiger partial charge in [0.05, 0.1) is 0 Å². The molecule has 2 heterocycles. The largest absolute Gasteiger partial charge is 0.327 e. The summed E-state index contributed by atoms with van der Waals surface area (Å²) in [6.45, 7) is 8.34. The van der Waals surface area contributed by atoms with Crippen LogP contribution in [0, 0.1) is 11.3 Å². The van der Waals surface area contributed by atoms with Gasteiger partial charge in [-0.25, -0.2) is 0 Å².